The van der Waals surface area contributed by atoms with Crippen molar-refractivity contribution in [3.63, 3.8) is 0 Å². The molecule has 4 N–H and O–H groups in total. The molecule has 0 radical (unpaired) electrons. The molecule has 12 heteroatoms. The van der Waals surface area contributed by atoms with Crippen LogP contribution in [0.25, 0.3) is 0 Å². The van der Waals surface area contributed by atoms with Crippen LogP contribution in [-0.2, 0) is 19.1 Å². The number of carbonyl (C=O) groups is 4. The third-order valence-electron chi connectivity index (χ3n) is 2.53. The summed E-state index contributed by atoms with van der Waals surface area (Å²) in [5.74, 6) is -2.32. The molecule has 0 saturated carbocycles. The van der Waals surface area contributed by atoms with Crippen molar-refractivity contribution in [2.24, 2.45) is 0 Å². The molecule has 2 atom stereocenters. The topological polar surface area (TPSA) is 151 Å². The van der Waals surface area contributed by atoms with E-state index in [1.165, 1.54) is 0 Å². The van der Waals surface area contributed by atoms with Crippen LogP contribution in [0.1, 0.15) is 41.5 Å². The predicted octanol–water partition coefficient (Wildman–Crippen LogP) is 1.10. The van der Waals surface area contributed by atoms with E-state index in [0.29, 0.717) is 0 Å². The Morgan fingerprint density at radius 2 is 1.04 bits per heavy atom. The summed E-state index contributed by atoms with van der Waals surface area (Å²) in [6.07, 6.45) is -1.61. The van der Waals surface area contributed by atoms with E-state index in [2.05, 4.69) is 10.6 Å². The van der Waals surface area contributed by atoms with E-state index in [1.807, 2.05) is 0 Å². The van der Waals surface area contributed by atoms with Crippen LogP contribution in [0, 0.1) is 0 Å². The molecule has 0 aromatic carbocycles. The van der Waals surface area contributed by atoms with Gasteiger partial charge in [0.25, 0.3) is 0 Å². The summed E-state index contributed by atoms with van der Waals surface area (Å²) in [6.45, 7) is 10.0. The molecule has 0 heterocycles. The normalized spacial score (nSPS) is 13.8. The van der Waals surface area contributed by atoms with Gasteiger partial charge in [0.1, 0.15) is 0 Å². The van der Waals surface area contributed by atoms with Gasteiger partial charge in [0.2, 0.25) is 0 Å². The summed E-state index contributed by atoms with van der Waals surface area (Å²) in [6, 6.07) is -2.13. The van der Waals surface area contributed by atoms with Gasteiger partial charge in [-0.1, -0.05) is 0 Å². The molecule has 0 aliphatic rings. The second kappa shape index (κ2) is 11.9. The molecule has 2 amide bonds. The Morgan fingerprint density at radius 3 is 1.25 bits per heavy atom. The molecular formula is C16H28N2O8Te2. The second-order valence-electron chi connectivity index (χ2n) is 7.64. The summed E-state index contributed by atoms with van der Waals surface area (Å²) < 4.78 is 10.7. The van der Waals surface area contributed by atoms with Gasteiger partial charge >= 0.3 is 182 Å². The van der Waals surface area contributed by atoms with E-state index in [1.54, 1.807) is 41.5 Å². The molecular weight excluding hydrogens is 603 g/mol. The Labute approximate surface area is 180 Å². The zero-order chi connectivity index (χ0) is 22.1. The van der Waals surface area contributed by atoms with Gasteiger partial charge in [0.05, 0.1) is 0 Å². The zero-order valence-electron chi connectivity index (χ0n) is 16.7. The molecule has 28 heavy (non-hydrogen) atoms. The zero-order valence-corrected chi connectivity index (χ0v) is 21.4. The van der Waals surface area contributed by atoms with Crippen molar-refractivity contribution in [3.05, 3.63) is 0 Å². The quantitative estimate of drug-likeness (QED) is 0.218. The number of ether oxygens (including phenoxy) is 2. The maximum atomic E-state index is 11.7. The van der Waals surface area contributed by atoms with Crippen LogP contribution in [0.5, 0.6) is 0 Å². The van der Waals surface area contributed by atoms with Crippen LogP contribution in [-0.4, -0.2) is 91.7 Å². The van der Waals surface area contributed by atoms with E-state index < -0.39 is 81.5 Å². The van der Waals surface area contributed by atoms with Crippen LogP contribution in [0.15, 0.2) is 0 Å². The van der Waals surface area contributed by atoms with Crippen molar-refractivity contribution < 1.29 is 38.9 Å². The van der Waals surface area contributed by atoms with Crippen LogP contribution >= 0.6 is 0 Å². The molecule has 0 saturated heterocycles. The minimum absolute atomic E-state index is 0.278. The van der Waals surface area contributed by atoms with Crippen LogP contribution in [0.4, 0.5) is 9.59 Å². The fourth-order valence-corrected chi connectivity index (χ4v) is 13.0. The van der Waals surface area contributed by atoms with Gasteiger partial charge in [-0.25, -0.2) is 0 Å². The summed E-state index contributed by atoms with van der Waals surface area (Å²) in [7, 11) is 0. The van der Waals surface area contributed by atoms with Crippen LogP contribution in [0.2, 0.25) is 8.94 Å². The molecule has 0 aromatic rings. The van der Waals surface area contributed by atoms with Gasteiger partial charge in [0.15, 0.2) is 0 Å². The van der Waals surface area contributed by atoms with Crippen LogP contribution < -0.4 is 10.6 Å². The first-order chi connectivity index (χ1) is 12.6. The van der Waals surface area contributed by atoms with Crippen molar-refractivity contribution in [1.29, 1.82) is 0 Å². The molecule has 0 fully saturated rings. The van der Waals surface area contributed by atoms with Crippen molar-refractivity contribution in [2.75, 3.05) is 0 Å². The number of carboxylic acid groups (broad SMARTS) is 2. The van der Waals surface area contributed by atoms with E-state index in [0.717, 1.165) is 0 Å². The predicted molar refractivity (Wildman–Crippen MR) is 103 cm³/mol. The van der Waals surface area contributed by atoms with Crippen LogP contribution in [0.3, 0.4) is 0 Å². The Balaban J connectivity index is 4.51. The van der Waals surface area contributed by atoms with Gasteiger partial charge in [0, 0.05) is 0 Å². The average Bonchev–Trinajstić information content (AvgIpc) is 2.44. The average molecular weight is 632 g/mol. The minimum atomic E-state index is -1.16. The number of amides is 2. The summed E-state index contributed by atoms with van der Waals surface area (Å²) in [5.41, 5.74) is -1.47. The third kappa shape index (κ3) is 14.1. The van der Waals surface area contributed by atoms with Gasteiger partial charge in [-0.05, 0) is 0 Å². The number of hydrogen-bond donors (Lipinski definition) is 4. The molecule has 0 aromatic heterocycles. The summed E-state index contributed by atoms with van der Waals surface area (Å²) in [5, 5.41) is 23.1. The SMILES string of the molecule is CC(C)(C)OC(=O)N[C@@H](C[Te][Te]C[C@H](NC(=O)OC(C)(C)C)C(=O)O)C(=O)O. The van der Waals surface area contributed by atoms with Crippen molar-refractivity contribution in [3.8, 4) is 0 Å². The molecule has 0 spiro atoms. The maximum absolute atomic E-state index is 11.7. The molecule has 0 aliphatic heterocycles. The number of carboxylic acids is 2. The first kappa shape index (κ1) is 27.1. The van der Waals surface area contributed by atoms with Gasteiger partial charge in [-0.2, -0.15) is 0 Å². The van der Waals surface area contributed by atoms with E-state index >= 15 is 0 Å². The number of nitrogens with one attached hydrogen (secondary N) is 2. The number of hydrogen-bond acceptors (Lipinski definition) is 6. The molecule has 0 unspecified atom stereocenters. The molecule has 0 aliphatic carbocycles. The number of alkyl carbamates (subject to hydrolysis) is 2. The first-order valence-corrected chi connectivity index (χ1v) is 18.9. The van der Waals surface area contributed by atoms with Gasteiger partial charge in [-0.15, -0.1) is 0 Å². The summed E-state index contributed by atoms with van der Waals surface area (Å²) in [4.78, 5) is 46.1. The second-order valence-corrected chi connectivity index (χ2v) is 19.9. The Morgan fingerprint density at radius 1 is 0.750 bits per heavy atom. The number of rotatable bonds is 9. The summed E-state index contributed by atoms with van der Waals surface area (Å²) >= 11 is -1.59. The van der Waals surface area contributed by atoms with Gasteiger partial charge < -0.3 is 0 Å². The fourth-order valence-electron chi connectivity index (χ4n) is 1.48. The third-order valence-corrected chi connectivity index (χ3v) is 14.1. The molecule has 162 valence electrons. The standard InChI is InChI=1S/C16H28N2O8Te2/c1-15(2,3)25-13(23)17-9(11(19)20)7-27-28-8-10(12(21)22)18-14(24)26-16(4,5)6/h9-10H,7-8H2,1-6H3,(H,17,23)(H,18,24)(H,19,20)(H,21,22)/t9-,10-/m0/s1. The Kier molecular flexibility index (Phi) is 11.5. The van der Waals surface area contributed by atoms with Crippen molar-refractivity contribution in [2.45, 2.75) is 73.8 Å². The fraction of sp³-hybridized carbons (Fsp3) is 0.750. The van der Waals surface area contributed by atoms with E-state index in [9.17, 15) is 29.4 Å². The Bertz CT molecular complexity index is 522. The van der Waals surface area contributed by atoms with Crippen molar-refractivity contribution in [1.82, 2.24) is 10.6 Å². The molecule has 0 bridgehead atoms. The van der Waals surface area contributed by atoms with E-state index in [-0.39, 0.29) is 8.94 Å². The molecule has 0 rings (SSSR count). The first-order valence-electron chi connectivity index (χ1n) is 8.30. The number of aliphatic carboxylic acids is 2. The van der Waals surface area contributed by atoms with Gasteiger partial charge in [-0.3, -0.25) is 0 Å². The number of carbonyl (C=O) groups excluding carboxylic acids is 2. The van der Waals surface area contributed by atoms with Crippen molar-refractivity contribution >= 4 is 58.2 Å². The Hall–Kier alpha value is -0.941. The molecule has 10 nitrogen and oxygen atoms in total. The van der Waals surface area contributed by atoms with E-state index in [4.69, 9.17) is 9.47 Å². The monoisotopic (exact) mass is 636 g/mol.